The molecule has 0 spiro atoms. The Balaban J connectivity index is 1.76. The average Bonchev–Trinajstić information content (AvgIpc) is 3.07. The molecule has 1 amide bonds. The lowest BCUT2D eigenvalue weighted by atomic mass is 10.1. The van der Waals surface area contributed by atoms with E-state index in [1.165, 1.54) is 24.3 Å². The van der Waals surface area contributed by atoms with E-state index >= 15 is 0 Å². The summed E-state index contributed by atoms with van der Waals surface area (Å²) >= 11 is 5.70. The lowest BCUT2D eigenvalue weighted by molar-refractivity contribution is 0.0892. The Labute approximate surface area is 149 Å². The molecule has 3 rings (SSSR count). The van der Waals surface area contributed by atoms with Gasteiger partial charge in [0, 0.05) is 0 Å². The Morgan fingerprint density at radius 2 is 1.80 bits per heavy atom. The summed E-state index contributed by atoms with van der Waals surface area (Å²) in [6.45, 7) is 0.0606. The highest BCUT2D eigenvalue weighted by atomic mass is 35.5. The number of hydrogen-bond donors (Lipinski definition) is 1. The van der Waals surface area contributed by atoms with E-state index in [9.17, 15) is 9.18 Å². The second kappa shape index (κ2) is 7.85. The van der Waals surface area contributed by atoms with Crippen LogP contribution < -0.4 is 10.1 Å². The molecule has 0 saturated heterocycles. The standard InChI is InChI=1S/C19H15ClFNO3/c20-18-11-10-17(25-18)19(23)22-15(13-6-2-1-3-7-13)12-24-16-9-5-4-8-14(16)21/h1-11,15H,12H2,(H,22,23). The predicted octanol–water partition coefficient (Wildman–Crippen LogP) is 4.62. The van der Waals surface area contributed by atoms with Crippen molar-refractivity contribution in [2.75, 3.05) is 6.61 Å². The van der Waals surface area contributed by atoms with E-state index in [4.69, 9.17) is 20.8 Å². The van der Waals surface area contributed by atoms with Gasteiger partial charge in [-0.2, -0.15) is 0 Å². The van der Waals surface area contributed by atoms with Crippen LogP contribution in [0.1, 0.15) is 22.2 Å². The summed E-state index contributed by atoms with van der Waals surface area (Å²) in [6, 6.07) is 17.9. The topological polar surface area (TPSA) is 51.5 Å². The molecule has 6 heteroatoms. The summed E-state index contributed by atoms with van der Waals surface area (Å²) in [7, 11) is 0. The van der Waals surface area contributed by atoms with E-state index in [0.717, 1.165) is 5.56 Å². The molecule has 0 saturated carbocycles. The van der Waals surface area contributed by atoms with Gasteiger partial charge in [-0.05, 0) is 41.4 Å². The normalized spacial score (nSPS) is 11.8. The summed E-state index contributed by atoms with van der Waals surface area (Å²) in [4.78, 5) is 12.3. The highest BCUT2D eigenvalue weighted by Crippen LogP contribution is 2.20. The largest absolute Gasteiger partial charge is 0.488 e. The van der Waals surface area contributed by atoms with Gasteiger partial charge in [0.2, 0.25) is 0 Å². The lowest BCUT2D eigenvalue weighted by Crippen LogP contribution is -2.32. The molecule has 3 aromatic rings. The zero-order chi connectivity index (χ0) is 17.6. The summed E-state index contributed by atoms with van der Waals surface area (Å²) in [5.41, 5.74) is 0.824. The number of rotatable bonds is 6. The maximum Gasteiger partial charge on any atom is 0.287 e. The number of carbonyl (C=O) groups is 1. The molecule has 0 aliphatic rings. The number of carbonyl (C=O) groups excluding carboxylic acids is 1. The van der Waals surface area contributed by atoms with Crippen molar-refractivity contribution in [3.05, 3.63) is 89.1 Å². The van der Waals surface area contributed by atoms with Gasteiger partial charge in [0.15, 0.2) is 22.5 Å². The molecular formula is C19H15ClFNO3. The maximum atomic E-state index is 13.7. The molecule has 0 aliphatic carbocycles. The van der Waals surface area contributed by atoms with Gasteiger partial charge in [0.05, 0.1) is 6.04 Å². The minimum atomic E-state index is -0.489. The molecule has 1 aromatic heterocycles. The second-order valence-electron chi connectivity index (χ2n) is 5.28. The zero-order valence-electron chi connectivity index (χ0n) is 13.1. The highest BCUT2D eigenvalue weighted by molar-refractivity contribution is 6.29. The third-order valence-corrected chi connectivity index (χ3v) is 3.75. The Hall–Kier alpha value is -2.79. The van der Waals surface area contributed by atoms with Crippen molar-refractivity contribution in [3.8, 4) is 5.75 Å². The fourth-order valence-electron chi connectivity index (χ4n) is 2.31. The molecule has 1 N–H and O–H groups in total. The smallest absolute Gasteiger partial charge is 0.287 e. The van der Waals surface area contributed by atoms with Crippen LogP contribution in [0.2, 0.25) is 5.22 Å². The van der Waals surface area contributed by atoms with Crippen LogP contribution in [0.15, 0.2) is 71.1 Å². The van der Waals surface area contributed by atoms with Crippen LogP contribution in [0, 0.1) is 5.82 Å². The molecule has 25 heavy (non-hydrogen) atoms. The van der Waals surface area contributed by atoms with Gasteiger partial charge in [-0.1, -0.05) is 42.5 Å². The van der Waals surface area contributed by atoms with Gasteiger partial charge in [-0.25, -0.2) is 4.39 Å². The van der Waals surface area contributed by atoms with Crippen molar-refractivity contribution in [1.29, 1.82) is 0 Å². The predicted molar refractivity (Wildman–Crippen MR) is 92.3 cm³/mol. The third kappa shape index (κ3) is 4.39. The fourth-order valence-corrected chi connectivity index (χ4v) is 2.45. The van der Waals surface area contributed by atoms with Gasteiger partial charge >= 0.3 is 0 Å². The van der Waals surface area contributed by atoms with E-state index in [1.54, 1.807) is 12.1 Å². The van der Waals surface area contributed by atoms with Crippen LogP contribution in [0.25, 0.3) is 0 Å². The van der Waals surface area contributed by atoms with E-state index in [0.29, 0.717) is 0 Å². The summed E-state index contributed by atoms with van der Waals surface area (Å²) in [5, 5.41) is 2.94. The molecule has 1 unspecified atom stereocenters. The third-order valence-electron chi connectivity index (χ3n) is 3.55. The highest BCUT2D eigenvalue weighted by Gasteiger charge is 2.19. The van der Waals surface area contributed by atoms with Crippen molar-refractivity contribution in [2.45, 2.75) is 6.04 Å². The Morgan fingerprint density at radius 3 is 2.48 bits per heavy atom. The van der Waals surface area contributed by atoms with Crippen LogP contribution in [0.3, 0.4) is 0 Å². The van der Waals surface area contributed by atoms with Crippen molar-refractivity contribution >= 4 is 17.5 Å². The van der Waals surface area contributed by atoms with Gasteiger partial charge < -0.3 is 14.5 Å². The average molecular weight is 360 g/mol. The van der Waals surface area contributed by atoms with E-state index in [1.807, 2.05) is 30.3 Å². The number of benzene rings is 2. The Morgan fingerprint density at radius 1 is 1.08 bits per heavy atom. The van der Waals surface area contributed by atoms with E-state index < -0.39 is 17.8 Å². The van der Waals surface area contributed by atoms with E-state index in [-0.39, 0.29) is 23.3 Å². The Kier molecular flexibility index (Phi) is 5.36. The molecule has 0 radical (unpaired) electrons. The molecule has 0 fully saturated rings. The lowest BCUT2D eigenvalue weighted by Gasteiger charge is -2.19. The van der Waals surface area contributed by atoms with Crippen molar-refractivity contribution in [2.24, 2.45) is 0 Å². The van der Waals surface area contributed by atoms with Crippen LogP contribution >= 0.6 is 11.6 Å². The van der Waals surface area contributed by atoms with Crippen LogP contribution in [-0.4, -0.2) is 12.5 Å². The first kappa shape index (κ1) is 17.0. The molecule has 128 valence electrons. The maximum absolute atomic E-state index is 13.7. The zero-order valence-corrected chi connectivity index (χ0v) is 13.9. The molecule has 1 atom stereocenters. The Bertz CT molecular complexity index is 851. The fraction of sp³-hybridized carbons (Fsp3) is 0.105. The first-order chi connectivity index (χ1) is 12.1. The summed E-state index contributed by atoms with van der Waals surface area (Å²) < 4.78 is 24.4. The van der Waals surface area contributed by atoms with Gasteiger partial charge in [0.1, 0.15) is 6.61 Å². The van der Waals surface area contributed by atoms with Crippen LogP contribution in [-0.2, 0) is 0 Å². The number of furan rings is 1. The van der Waals surface area contributed by atoms with Crippen LogP contribution in [0.4, 0.5) is 4.39 Å². The molecule has 0 aliphatic heterocycles. The number of amides is 1. The van der Waals surface area contributed by atoms with E-state index in [2.05, 4.69) is 5.32 Å². The first-order valence-corrected chi connectivity index (χ1v) is 8.00. The van der Waals surface area contributed by atoms with Crippen molar-refractivity contribution in [1.82, 2.24) is 5.32 Å². The molecule has 1 heterocycles. The molecule has 2 aromatic carbocycles. The molecular weight excluding hydrogens is 345 g/mol. The molecule has 4 nitrogen and oxygen atoms in total. The molecule has 0 bridgehead atoms. The monoisotopic (exact) mass is 359 g/mol. The van der Waals surface area contributed by atoms with Crippen molar-refractivity contribution < 1.29 is 18.3 Å². The first-order valence-electron chi connectivity index (χ1n) is 7.62. The van der Waals surface area contributed by atoms with Crippen LogP contribution in [0.5, 0.6) is 5.75 Å². The minimum Gasteiger partial charge on any atom is -0.488 e. The number of halogens is 2. The number of hydrogen-bond acceptors (Lipinski definition) is 3. The number of nitrogens with one attached hydrogen (secondary N) is 1. The van der Waals surface area contributed by atoms with Gasteiger partial charge in [-0.15, -0.1) is 0 Å². The quantitative estimate of drug-likeness (QED) is 0.698. The SMILES string of the molecule is O=C(NC(COc1ccccc1F)c1ccccc1)c1ccc(Cl)o1. The van der Waals surface area contributed by atoms with Crippen molar-refractivity contribution in [3.63, 3.8) is 0 Å². The second-order valence-corrected chi connectivity index (χ2v) is 5.65. The minimum absolute atomic E-state index is 0.0606. The summed E-state index contributed by atoms with van der Waals surface area (Å²) in [6.07, 6.45) is 0. The van der Waals surface area contributed by atoms with Gasteiger partial charge in [0.25, 0.3) is 5.91 Å². The summed E-state index contributed by atoms with van der Waals surface area (Å²) in [5.74, 6) is -0.674. The van der Waals surface area contributed by atoms with Gasteiger partial charge in [-0.3, -0.25) is 4.79 Å². The number of ether oxygens (including phenoxy) is 1. The number of para-hydroxylation sites is 1.